The Hall–Kier alpha value is -1.96. The molecule has 2 aromatic rings. The summed E-state index contributed by atoms with van der Waals surface area (Å²) in [6.45, 7) is 7.23. The predicted molar refractivity (Wildman–Crippen MR) is 83.7 cm³/mol. The summed E-state index contributed by atoms with van der Waals surface area (Å²) in [6.07, 6.45) is 1.22. The summed E-state index contributed by atoms with van der Waals surface area (Å²) in [6, 6.07) is 12.9. The van der Waals surface area contributed by atoms with Crippen molar-refractivity contribution >= 4 is 5.69 Å². The zero-order valence-corrected chi connectivity index (χ0v) is 12.4. The highest BCUT2D eigenvalue weighted by molar-refractivity contribution is 5.52. The van der Waals surface area contributed by atoms with Gasteiger partial charge in [0, 0.05) is 12.1 Å². The molecule has 0 fully saturated rings. The van der Waals surface area contributed by atoms with E-state index in [0.717, 1.165) is 18.7 Å². The minimum Gasteiger partial charge on any atom is -0.488 e. The molecule has 0 amide bonds. The summed E-state index contributed by atoms with van der Waals surface area (Å²) in [4.78, 5) is 0. The molecular formula is C18H21NO. The van der Waals surface area contributed by atoms with Crippen LogP contribution in [0.2, 0.25) is 0 Å². The van der Waals surface area contributed by atoms with E-state index in [2.05, 4.69) is 62.5 Å². The van der Waals surface area contributed by atoms with E-state index in [4.69, 9.17) is 4.74 Å². The Morgan fingerprint density at radius 3 is 2.60 bits per heavy atom. The van der Waals surface area contributed by atoms with Gasteiger partial charge in [-0.2, -0.15) is 0 Å². The maximum absolute atomic E-state index is 5.98. The van der Waals surface area contributed by atoms with Crippen molar-refractivity contribution in [1.82, 2.24) is 0 Å². The van der Waals surface area contributed by atoms with Crippen LogP contribution in [0.5, 0.6) is 5.75 Å². The Labute approximate surface area is 120 Å². The molecule has 1 unspecified atom stereocenters. The third kappa shape index (κ3) is 2.64. The SMILES string of the molecule is Cc1ccc(NCC2Cc3cc(C)ccc3O2)c(C)c1. The van der Waals surface area contributed by atoms with Crippen LogP contribution in [0.25, 0.3) is 0 Å². The molecule has 2 nitrogen and oxygen atoms in total. The number of aryl methyl sites for hydroxylation is 3. The van der Waals surface area contributed by atoms with Crippen LogP contribution in [0, 0.1) is 20.8 Å². The van der Waals surface area contributed by atoms with E-state index in [0.29, 0.717) is 0 Å². The summed E-state index contributed by atoms with van der Waals surface area (Å²) in [5.41, 5.74) is 6.42. The Balaban J connectivity index is 1.63. The van der Waals surface area contributed by atoms with Gasteiger partial charge in [-0.3, -0.25) is 0 Å². The summed E-state index contributed by atoms with van der Waals surface area (Å²) < 4.78 is 5.98. The average Bonchev–Trinajstić information content (AvgIpc) is 2.79. The molecule has 20 heavy (non-hydrogen) atoms. The molecule has 2 aromatic carbocycles. The molecule has 0 saturated carbocycles. The third-order valence-corrected chi connectivity index (χ3v) is 3.86. The molecule has 0 bridgehead atoms. The van der Waals surface area contributed by atoms with Crippen molar-refractivity contribution in [3.05, 3.63) is 58.7 Å². The van der Waals surface area contributed by atoms with E-state index < -0.39 is 0 Å². The predicted octanol–water partition coefficient (Wildman–Crippen LogP) is 4.03. The lowest BCUT2D eigenvalue weighted by molar-refractivity contribution is 0.246. The fraction of sp³-hybridized carbons (Fsp3) is 0.333. The van der Waals surface area contributed by atoms with Crippen molar-refractivity contribution in [1.29, 1.82) is 0 Å². The van der Waals surface area contributed by atoms with Crippen molar-refractivity contribution < 1.29 is 4.74 Å². The number of hydrogen-bond acceptors (Lipinski definition) is 2. The summed E-state index contributed by atoms with van der Waals surface area (Å²) >= 11 is 0. The molecule has 0 aliphatic carbocycles. The fourth-order valence-corrected chi connectivity index (χ4v) is 2.80. The van der Waals surface area contributed by atoms with Gasteiger partial charge in [-0.15, -0.1) is 0 Å². The van der Waals surface area contributed by atoms with Gasteiger partial charge in [-0.05, 0) is 44.0 Å². The largest absolute Gasteiger partial charge is 0.488 e. The van der Waals surface area contributed by atoms with Crippen molar-refractivity contribution in [3.63, 3.8) is 0 Å². The molecule has 1 aliphatic heterocycles. The topological polar surface area (TPSA) is 21.3 Å². The molecule has 0 saturated heterocycles. The molecule has 1 N–H and O–H groups in total. The Morgan fingerprint density at radius 2 is 1.80 bits per heavy atom. The Kier molecular flexibility index (Phi) is 3.39. The van der Waals surface area contributed by atoms with E-state index in [1.165, 1.54) is 27.9 Å². The Morgan fingerprint density at radius 1 is 1.05 bits per heavy atom. The van der Waals surface area contributed by atoms with Crippen LogP contribution in [-0.2, 0) is 6.42 Å². The number of nitrogens with one attached hydrogen (secondary N) is 1. The lowest BCUT2D eigenvalue weighted by Gasteiger charge is -2.14. The highest BCUT2D eigenvalue weighted by Gasteiger charge is 2.22. The third-order valence-electron chi connectivity index (χ3n) is 3.86. The lowest BCUT2D eigenvalue weighted by Crippen LogP contribution is -2.24. The summed E-state index contributed by atoms with van der Waals surface area (Å²) in [5.74, 6) is 1.04. The highest BCUT2D eigenvalue weighted by Crippen LogP contribution is 2.29. The number of rotatable bonds is 3. The van der Waals surface area contributed by atoms with E-state index in [-0.39, 0.29) is 6.10 Å². The van der Waals surface area contributed by atoms with Crippen molar-refractivity contribution in [2.75, 3.05) is 11.9 Å². The maximum Gasteiger partial charge on any atom is 0.123 e. The van der Waals surface area contributed by atoms with Crippen molar-refractivity contribution in [2.24, 2.45) is 0 Å². The van der Waals surface area contributed by atoms with Crippen LogP contribution in [-0.4, -0.2) is 12.6 Å². The molecule has 0 radical (unpaired) electrons. The second kappa shape index (κ2) is 5.20. The van der Waals surface area contributed by atoms with Crippen LogP contribution in [0.1, 0.15) is 22.3 Å². The molecule has 2 heteroatoms. The minimum atomic E-state index is 0.229. The molecule has 1 atom stereocenters. The first-order valence-electron chi connectivity index (χ1n) is 7.19. The van der Waals surface area contributed by atoms with E-state index >= 15 is 0 Å². The zero-order chi connectivity index (χ0) is 14.1. The van der Waals surface area contributed by atoms with Gasteiger partial charge >= 0.3 is 0 Å². The minimum absolute atomic E-state index is 0.229. The quantitative estimate of drug-likeness (QED) is 0.906. The smallest absolute Gasteiger partial charge is 0.123 e. The standard InChI is InChI=1S/C18H21NO/c1-12-4-6-17(14(3)8-12)19-11-16-10-15-9-13(2)5-7-18(15)20-16/h4-9,16,19H,10-11H2,1-3H3. The maximum atomic E-state index is 5.98. The highest BCUT2D eigenvalue weighted by atomic mass is 16.5. The van der Waals surface area contributed by atoms with Gasteiger partial charge in [0.25, 0.3) is 0 Å². The van der Waals surface area contributed by atoms with Crippen LogP contribution >= 0.6 is 0 Å². The number of benzene rings is 2. The van der Waals surface area contributed by atoms with Gasteiger partial charge in [0.2, 0.25) is 0 Å². The first kappa shape index (κ1) is 13.0. The van der Waals surface area contributed by atoms with Crippen LogP contribution < -0.4 is 10.1 Å². The van der Waals surface area contributed by atoms with E-state index in [9.17, 15) is 0 Å². The molecule has 0 spiro atoms. The molecular weight excluding hydrogens is 246 g/mol. The van der Waals surface area contributed by atoms with Gasteiger partial charge in [0.15, 0.2) is 0 Å². The van der Waals surface area contributed by atoms with Gasteiger partial charge in [-0.25, -0.2) is 0 Å². The normalized spacial score (nSPS) is 16.6. The second-order valence-corrected chi connectivity index (χ2v) is 5.75. The number of ether oxygens (including phenoxy) is 1. The summed E-state index contributed by atoms with van der Waals surface area (Å²) in [5, 5.41) is 3.51. The fourth-order valence-electron chi connectivity index (χ4n) is 2.80. The lowest BCUT2D eigenvalue weighted by atomic mass is 10.1. The Bertz CT molecular complexity index is 633. The van der Waals surface area contributed by atoms with Gasteiger partial charge < -0.3 is 10.1 Å². The van der Waals surface area contributed by atoms with Crippen molar-refractivity contribution in [2.45, 2.75) is 33.3 Å². The molecule has 104 valence electrons. The first-order chi connectivity index (χ1) is 9.61. The molecule has 3 rings (SSSR count). The number of fused-ring (bicyclic) bond motifs is 1. The monoisotopic (exact) mass is 267 g/mol. The van der Waals surface area contributed by atoms with E-state index in [1.807, 2.05) is 0 Å². The molecule has 0 aromatic heterocycles. The number of anilines is 1. The molecule has 1 aliphatic rings. The van der Waals surface area contributed by atoms with Crippen LogP contribution in [0.4, 0.5) is 5.69 Å². The van der Waals surface area contributed by atoms with Gasteiger partial charge in [0.1, 0.15) is 11.9 Å². The van der Waals surface area contributed by atoms with E-state index in [1.54, 1.807) is 0 Å². The second-order valence-electron chi connectivity index (χ2n) is 5.75. The molecule has 1 heterocycles. The van der Waals surface area contributed by atoms with Gasteiger partial charge in [0.05, 0.1) is 6.54 Å². The van der Waals surface area contributed by atoms with Crippen LogP contribution in [0.15, 0.2) is 36.4 Å². The first-order valence-corrected chi connectivity index (χ1v) is 7.19. The zero-order valence-electron chi connectivity index (χ0n) is 12.4. The average molecular weight is 267 g/mol. The van der Waals surface area contributed by atoms with Crippen LogP contribution in [0.3, 0.4) is 0 Å². The van der Waals surface area contributed by atoms with Gasteiger partial charge in [-0.1, -0.05) is 35.4 Å². The van der Waals surface area contributed by atoms with Crippen molar-refractivity contribution in [3.8, 4) is 5.75 Å². The summed E-state index contributed by atoms with van der Waals surface area (Å²) in [7, 11) is 0. The number of hydrogen-bond donors (Lipinski definition) is 1.